The van der Waals surface area contributed by atoms with Crippen molar-refractivity contribution in [1.82, 2.24) is 25.8 Å². The molecule has 2 heterocycles. The van der Waals surface area contributed by atoms with Gasteiger partial charge in [-0.1, -0.05) is 67.8 Å². The van der Waals surface area contributed by atoms with Gasteiger partial charge in [0, 0.05) is 37.1 Å². The largest absolute Gasteiger partial charge is 0.390 e. The Morgan fingerprint density at radius 1 is 0.960 bits per heavy atom. The van der Waals surface area contributed by atoms with Crippen LogP contribution in [-0.4, -0.2) is 89.7 Å². The third kappa shape index (κ3) is 9.67. The van der Waals surface area contributed by atoms with E-state index in [1.807, 2.05) is 51.1 Å². The molecule has 270 valence electrons. The molecule has 4 N–H and O–H groups in total. The molecule has 12 heteroatoms. The minimum absolute atomic E-state index is 0.0367. The monoisotopic (exact) mass is 705 g/mol. The van der Waals surface area contributed by atoms with Crippen molar-refractivity contribution in [3.05, 3.63) is 72.4 Å². The number of aromatic nitrogens is 1. The van der Waals surface area contributed by atoms with Crippen molar-refractivity contribution in [3.63, 3.8) is 0 Å². The van der Waals surface area contributed by atoms with Crippen LogP contribution >= 0.6 is 0 Å². The number of pyridine rings is 1. The van der Waals surface area contributed by atoms with Crippen molar-refractivity contribution < 1.29 is 27.9 Å². The molecule has 1 saturated heterocycles. The average Bonchev–Trinajstić information content (AvgIpc) is 3.06. The number of aliphatic hydroxyl groups excluding tert-OH is 1. The Labute approximate surface area is 295 Å². The molecule has 50 heavy (non-hydrogen) atoms. The maximum Gasteiger partial charge on any atom is 0.243 e. The van der Waals surface area contributed by atoms with Gasteiger partial charge in [0.2, 0.25) is 17.7 Å². The number of fused-ring (bicyclic) bond motifs is 2. The second kappa shape index (κ2) is 16.0. The van der Waals surface area contributed by atoms with Gasteiger partial charge in [-0.3, -0.25) is 24.3 Å². The maximum absolute atomic E-state index is 14.0. The zero-order valence-electron chi connectivity index (χ0n) is 29.5. The summed E-state index contributed by atoms with van der Waals surface area (Å²) >= 11 is 0. The molecule has 5 rings (SSSR count). The number of hydrogen-bond acceptors (Lipinski definition) is 8. The molecule has 6 atom stereocenters. The molecular formula is C38H51N5O6S. The molecule has 2 aromatic carbocycles. The van der Waals surface area contributed by atoms with Gasteiger partial charge in [-0.25, -0.2) is 8.42 Å². The second-order valence-corrected chi connectivity index (χ2v) is 17.0. The summed E-state index contributed by atoms with van der Waals surface area (Å²) in [7, 11) is -4.11. The van der Waals surface area contributed by atoms with E-state index in [9.17, 15) is 27.9 Å². The first-order valence-electron chi connectivity index (χ1n) is 17.6. The van der Waals surface area contributed by atoms with Crippen molar-refractivity contribution in [3.8, 4) is 0 Å². The lowest BCUT2D eigenvalue weighted by atomic mass is 9.72. The van der Waals surface area contributed by atoms with Crippen LogP contribution in [0.2, 0.25) is 0 Å². The van der Waals surface area contributed by atoms with Crippen LogP contribution < -0.4 is 16.0 Å². The number of carbonyl (C=O) groups excluding carboxylic acids is 3. The Hall–Kier alpha value is -3.87. The van der Waals surface area contributed by atoms with E-state index in [0.29, 0.717) is 30.2 Å². The first kappa shape index (κ1) is 37.4. The number of sulfone groups is 1. The maximum atomic E-state index is 14.0. The molecule has 1 aliphatic carbocycles. The third-order valence-corrected chi connectivity index (χ3v) is 11.6. The van der Waals surface area contributed by atoms with E-state index < -0.39 is 57.2 Å². The van der Waals surface area contributed by atoms with Crippen LogP contribution in [0.1, 0.15) is 65.4 Å². The highest BCUT2D eigenvalue weighted by atomic mass is 32.2. The highest BCUT2D eigenvalue weighted by molar-refractivity contribution is 7.91. The zero-order valence-corrected chi connectivity index (χ0v) is 30.3. The van der Waals surface area contributed by atoms with E-state index in [4.69, 9.17) is 0 Å². The van der Waals surface area contributed by atoms with Crippen LogP contribution in [-0.2, 0) is 30.6 Å². The van der Waals surface area contributed by atoms with E-state index in [0.717, 1.165) is 31.2 Å². The van der Waals surface area contributed by atoms with Gasteiger partial charge in [-0.15, -0.1) is 0 Å². The fraction of sp³-hybridized carbons (Fsp3) is 0.526. The van der Waals surface area contributed by atoms with Crippen molar-refractivity contribution >= 4 is 38.5 Å². The number of aliphatic hydroxyl groups is 1. The van der Waals surface area contributed by atoms with E-state index in [1.165, 1.54) is 19.2 Å². The van der Waals surface area contributed by atoms with Gasteiger partial charge in [0.15, 0.2) is 9.84 Å². The van der Waals surface area contributed by atoms with Gasteiger partial charge in [0.25, 0.3) is 0 Å². The molecular weight excluding hydrogens is 655 g/mol. The van der Waals surface area contributed by atoms with Crippen LogP contribution in [0.3, 0.4) is 0 Å². The molecule has 1 saturated carbocycles. The summed E-state index contributed by atoms with van der Waals surface area (Å²) in [6.07, 6.45) is 5.82. The number of nitrogens with zero attached hydrogens (tertiary/aromatic N) is 2. The number of β-amino-alcohol motifs (C(OH)–C–C–N with tert-alkyl or cyclic N) is 1. The molecule has 2 fully saturated rings. The topological polar surface area (TPSA) is 158 Å². The minimum atomic E-state index is -4.11. The predicted molar refractivity (Wildman–Crippen MR) is 193 cm³/mol. The first-order valence-corrected chi connectivity index (χ1v) is 19.3. The summed E-state index contributed by atoms with van der Waals surface area (Å²) in [4.78, 5) is 46.2. The molecule has 2 aliphatic rings. The smallest absolute Gasteiger partial charge is 0.243 e. The normalized spacial score (nSPS) is 21.7. The van der Waals surface area contributed by atoms with Crippen molar-refractivity contribution in [1.29, 1.82) is 0 Å². The van der Waals surface area contributed by atoms with Gasteiger partial charge in [-0.05, 0) is 69.6 Å². The number of para-hydroxylation sites is 1. The molecule has 1 aliphatic heterocycles. The van der Waals surface area contributed by atoms with E-state index in [-0.39, 0.29) is 29.3 Å². The molecule has 3 aromatic rings. The number of benzene rings is 2. The van der Waals surface area contributed by atoms with Crippen LogP contribution in [0.5, 0.6) is 0 Å². The molecule has 0 unspecified atom stereocenters. The number of piperidine rings is 1. The standard InChI is InChI=1S/C38H51N5O6S/c1-25(44)40-31(24-50(48,49)34-18-10-16-27-17-11-19-39-35(27)34)36(46)41-30(20-26-12-6-5-7-13-26)33(45)23-43-22-29-15-9-8-14-28(29)21-32(43)37(47)42-38(2,3)4/h5-7,10-13,16-19,28-33,45H,8-9,14-15,20-24H2,1-4H3,(H,40,44)(H,41,46)(H,42,47)/t28-,29+,30-,31+,32-,33+/m0/s1. The van der Waals surface area contributed by atoms with Crippen molar-refractivity contribution in [2.75, 3.05) is 18.8 Å². The van der Waals surface area contributed by atoms with Crippen LogP contribution in [0.4, 0.5) is 0 Å². The molecule has 0 bridgehead atoms. The van der Waals surface area contributed by atoms with Gasteiger partial charge < -0.3 is 21.1 Å². The van der Waals surface area contributed by atoms with Crippen LogP contribution in [0, 0.1) is 11.8 Å². The Bertz CT molecular complexity index is 1760. The lowest BCUT2D eigenvalue weighted by molar-refractivity contribution is -0.133. The zero-order chi connectivity index (χ0) is 36.1. The summed E-state index contributed by atoms with van der Waals surface area (Å²) < 4.78 is 27.5. The molecule has 11 nitrogen and oxygen atoms in total. The number of amides is 3. The molecule has 3 amide bonds. The highest BCUT2D eigenvalue weighted by Gasteiger charge is 2.42. The summed E-state index contributed by atoms with van der Waals surface area (Å²) in [5.41, 5.74) is 0.715. The first-order chi connectivity index (χ1) is 23.7. The van der Waals surface area contributed by atoms with Gasteiger partial charge in [0.1, 0.15) is 6.04 Å². The molecule has 0 radical (unpaired) electrons. The van der Waals surface area contributed by atoms with Crippen LogP contribution in [0.15, 0.2) is 71.8 Å². The number of hydrogen-bond donors (Lipinski definition) is 4. The Kier molecular flexibility index (Phi) is 12.0. The van der Waals surface area contributed by atoms with Crippen molar-refractivity contribution in [2.45, 2.75) is 101 Å². The average molecular weight is 706 g/mol. The van der Waals surface area contributed by atoms with Crippen LogP contribution in [0.25, 0.3) is 10.9 Å². The number of likely N-dealkylation sites (tertiary alicyclic amines) is 1. The summed E-state index contributed by atoms with van der Waals surface area (Å²) in [6.45, 7) is 7.87. The Balaban J connectivity index is 1.39. The third-order valence-electron chi connectivity index (χ3n) is 9.83. The van der Waals surface area contributed by atoms with E-state index >= 15 is 0 Å². The second-order valence-electron chi connectivity index (χ2n) is 15.0. The number of nitrogens with one attached hydrogen (secondary N) is 3. The highest BCUT2D eigenvalue weighted by Crippen LogP contribution is 2.39. The summed E-state index contributed by atoms with van der Waals surface area (Å²) in [6, 6.07) is 14.9. The number of rotatable bonds is 12. The summed E-state index contributed by atoms with van der Waals surface area (Å²) in [5.74, 6) is -1.20. The van der Waals surface area contributed by atoms with Crippen molar-refractivity contribution in [2.24, 2.45) is 11.8 Å². The Morgan fingerprint density at radius 2 is 1.66 bits per heavy atom. The molecule has 0 spiro atoms. The predicted octanol–water partition coefficient (Wildman–Crippen LogP) is 3.40. The van der Waals surface area contributed by atoms with E-state index in [2.05, 4.69) is 25.8 Å². The lowest BCUT2D eigenvalue weighted by Crippen LogP contribution is -2.61. The van der Waals surface area contributed by atoms with Gasteiger partial charge in [-0.2, -0.15) is 0 Å². The quantitative estimate of drug-likeness (QED) is 0.223. The molecule has 1 aromatic heterocycles. The van der Waals surface area contributed by atoms with E-state index in [1.54, 1.807) is 24.3 Å². The lowest BCUT2D eigenvalue weighted by Gasteiger charge is -2.47. The summed E-state index contributed by atoms with van der Waals surface area (Å²) in [5, 5.41) is 21.1. The SMILES string of the molecule is CC(=O)N[C@H](CS(=O)(=O)c1cccc2cccnc12)C(=O)N[C@@H](Cc1ccccc1)[C@H](O)CN1C[C@H]2CCCC[C@H]2C[C@H]1C(=O)NC(C)(C)C. The minimum Gasteiger partial charge on any atom is -0.390 e. The Morgan fingerprint density at radius 3 is 2.36 bits per heavy atom. The fourth-order valence-electron chi connectivity index (χ4n) is 7.49. The van der Waals surface area contributed by atoms with Gasteiger partial charge in [0.05, 0.1) is 34.4 Å². The van der Waals surface area contributed by atoms with Gasteiger partial charge >= 0.3 is 0 Å². The fourth-order valence-corrected chi connectivity index (χ4v) is 9.10. The number of carbonyl (C=O) groups is 3.